The van der Waals surface area contributed by atoms with Gasteiger partial charge in [0, 0.05) is 30.3 Å². The summed E-state index contributed by atoms with van der Waals surface area (Å²) in [6.07, 6.45) is 7.18. The van der Waals surface area contributed by atoms with Crippen LogP contribution in [0.2, 0.25) is 0 Å². The highest BCUT2D eigenvalue weighted by atomic mass is 79.9. The fourth-order valence-corrected chi connectivity index (χ4v) is 2.07. The van der Waals surface area contributed by atoms with Crippen LogP contribution in [0.25, 0.3) is 6.08 Å². The fourth-order valence-electron chi connectivity index (χ4n) is 1.59. The van der Waals surface area contributed by atoms with Crippen molar-refractivity contribution in [1.82, 2.24) is 4.98 Å². The molecular formula is C10H11BrN2. The average Bonchev–Trinajstić information content (AvgIpc) is 2.53. The van der Waals surface area contributed by atoms with Crippen molar-refractivity contribution in [1.29, 1.82) is 0 Å². The highest BCUT2D eigenvalue weighted by Crippen LogP contribution is 2.32. The second kappa shape index (κ2) is 3.14. The average molecular weight is 239 g/mol. The second-order valence-electron chi connectivity index (χ2n) is 3.32. The van der Waals surface area contributed by atoms with Crippen molar-refractivity contribution in [2.45, 2.75) is 6.42 Å². The van der Waals surface area contributed by atoms with E-state index in [-0.39, 0.29) is 0 Å². The summed E-state index contributed by atoms with van der Waals surface area (Å²) in [7, 11) is 4.05. The Balaban J connectivity index is 2.60. The number of halogens is 1. The molecule has 0 radical (unpaired) electrons. The molecular weight excluding hydrogens is 228 g/mol. The molecule has 0 amide bonds. The molecule has 0 unspecified atom stereocenters. The first kappa shape index (κ1) is 8.75. The summed E-state index contributed by atoms with van der Waals surface area (Å²) in [6, 6.07) is 0. The quantitative estimate of drug-likeness (QED) is 0.748. The molecule has 0 atom stereocenters. The third-order valence-corrected chi connectivity index (χ3v) is 2.81. The van der Waals surface area contributed by atoms with Gasteiger partial charge in [0.15, 0.2) is 0 Å². The second-order valence-corrected chi connectivity index (χ2v) is 4.18. The molecule has 0 N–H and O–H groups in total. The topological polar surface area (TPSA) is 16.1 Å². The first-order valence-electron chi connectivity index (χ1n) is 4.21. The summed E-state index contributed by atoms with van der Waals surface area (Å²) in [5.74, 6) is 1.07. The summed E-state index contributed by atoms with van der Waals surface area (Å²) >= 11 is 3.50. The first-order chi connectivity index (χ1) is 6.20. The number of hydrogen-bond acceptors (Lipinski definition) is 2. The fraction of sp³-hybridized carbons (Fsp3) is 0.300. The Labute approximate surface area is 86.4 Å². The third-order valence-electron chi connectivity index (χ3n) is 2.18. The number of allylic oxidation sites excluding steroid dienone is 1. The van der Waals surface area contributed by atoms with Crippen molar-refractivity contribution in [2.75, 3.05) is 19.0 Å². The van der Waals surface area contributed by atoms with E-state index in [2.05, 4.69) is 38.0 Å². The van der Waals surface area contributed by atoms with Crippen LogP contribution < -0.4 is 4.90 Å². The van der Waals surface area contributed by atoms with Crippen LogP contribution in [-0.4, -0.2) is 19.1 Å². The molecule has 0 saturated carbocycles. The predicted octanol–water partition coefficient (Wildman–Crippen LogP) is 2.48. The van der Waals surface area contributed by atoms with Crippen LogP contribution in [0.5, 0.6) is 0 Å². The Morgan fingerprint density at radius 3 is 2.92 bits per heavy atom. The Morgan fingerprint density at radius 1 is 1.46 bits per heavy atom. The van der Waals surface area contributed by atoms with Gasteiger partial charge in [0.05, 0.1) is 0 Å². The van der Waals surface area contributed by atoms with Gasteiger partial charge in [-0.15, -0.1) is 0 Å². The molecule has 1 aliphatic rings. The normalized spacial score (nSPS) is 13.2. The first-order valence-corrected chi connectivity index (χ1v) is 5.00. The van der Waals surface area contributed by atoms with Crippen LogP contribution in [0.4, 0.5) is 5.82 Å². The van der Waals surface area contributed by atoms with E-state index in [9.17, 15) is 0 Å². The van der Waals surface area contributed by atoms with Crippen molar-refractivity contribution in [3.05, 3.63) is 27.9 Å². The Kier molecular flexibility index (Phi) is 2.12. The summed E-state index contributed by atoms with van der Waals surface area (Å²) in [5, 5.41) is 0. The molecule has 2 rings (SSSR count). The Morgan fingerprint density at radius 2 is 2.23 bits per heavy atom. The number of nitrogens with zero attached hydrogens (tertiary/aromatic N) is 2. The lowest BCUT2D eigenvalue weighted by Gasteiger charge is -2.15. The van der Waals surface area contributed by atoms with Gasteiger partial charge in [-0.3, -0.25) is 0 Å². The number of hydrogen-bond donors (Lipinski definition) is 0. The smallest absolute Gasteiger partial charge is 0.132 e. The van der Waals surface area contributed by atoms with Gasteiger partial charge in [-0.25, -0.2) is 4.98 Å². The minimum Gasteiger partial charge on any atom is -0.362 e. The van der Waals surface area contributed by atoms with Crippen molar-refractivity contribution >= 4 is 27.8 Å². The van der Waals surface area contributed by atoms with Crippen LogP contribution in [-0.2, 0) is 6.42 Å². The zero-order chi connectivity index (χ0) is 9.42. The largest absolute Gasteiger partial charge is 0.362 e. The maximum absolute atomic E-state index is 4.39. The van der Waals surface area contributed by atoms with E-state index in [0.717, 1.165) is 16.7 Å². The number of fused-ring (bicyclic) bond motifs is 1. The maximum atomic E-state index is 4.39. The molecule has 68 valence electrons. The lowest BCUT2D eigenvalue weighted by Crippen LogP contribution is -2.13. The zero-order valence-corrected chi connectivity index (χ0v) is 9.30. The molecule has 0 fully saturated rings. The van der Waals surface area contributed by atoms with E-state index in [0.29, 0.717) is 0 Å². The summed E-state index contributed by atoms with van der Waals surface area (Å²) < 4.78 is 1.09. The van der Waals surface area contributed by atoms with Crippen molar-refractivity contribution in [3.63, 3.8) is 0 Å². The molecule has 2 nitrogen and oxygen atoms in total. The van der Waals surface area contributed by atoms with E-state index in [1.165, 1.54) is 11.1 Å². The molecule has 0 bridgehead atoms. The van der Waals surface area contributed by atoms with E-state index >= 15 is 0 Å². The standard InChI is InChI=1S/C10H11BrN2/c1-13(2)10-8-5-3-4-7(8)9(11)6-12-10/h3-4,6H,5H2,1-2H3. The minimum atomic E-state index is 0.995. The van der Waals surface area contributed by atoms with Crippen LogP contribution in [0, 0.1) is 0 Å². The van der Waals surface area contributed by atoms with Gasteiger partial charge in [0.1, 0.15) is 5.82 Å². The summed E-state index contributed by atoms with van der Waals surface area (Å²) in [5.41, 5.74) is 2.60. The zero-order valence-electron chi connectivity index (χ0n) is 7.71. The number of pyridine rings is 1. The van der Waals surface area contributed by atoms with Crippen molar-refractivity contribution < 1.29 is 0 Å². The number of aromatic nitrogens is 1. The van der Waals surface area contributed by atoms with Crippen molar-refractivity contribution in [3.8, 4) is 0 Å². The van der Waals surface area contributed by atoms with Gasteiger partial charge < -0.3 is 4.90 Å². The molecule has 1 aliphatic carbocycles. The van der Waals surface area contributed by atoms with Gasteiger partial charge >= 0.3 is 0 Å². The van der Waals surface area contributed by atoms with E-state index in [1.54, 1.807) is 0 Å². The lowest BCUT2D eigenvalue weighted by molar-refractivity contribution is 1.03. The van der Waals surface area contributed by atoms with E-state index < -0.39 is 0 Å². The Hall–Kier alpha value is -0.830. The maximum Gasteiger partial charge on any atom is 0.132 e. The lowest BCUT2D eigenvalue weighted by atomic mass is 10.1. The molecule has 0 aliphatic heterocycles. The molecule has 3 heteroatoms. The van der Waals surface area contributed by atoms with E-state index in [4.69, 9.17) is 0 Å². The molecule has 0 saturated heterocycles. The molecule has 1 aromatic heterocycles. The SMILES string of the molecule is CN(C)c1ncc(Br)c2c1CC=C2. The number of anilines is 1. The predicted molar refractivity (Wildman–Crippen MR) is 59.0 cm³/mol. The monoisotopic (exact) mass is 238 g/mol. The Bertz CT molecular complexity index is 369. The van der Waals surface area contributed by atoms with Crippen LogP contribution in [0.15, 0.2) is 16.7 Å². The summed E-state index contributed by atoms with van der Waals surface area (Å²) in [4.78, 5) is 6.44. The molecule has 13 heavy (non-hydrogen) atoms. The van der Waals surface area contributed by atoms with Gasteiger partial charge in [-0.1, -0.05) is 12.2 Å². The van der Waals surface area contributed by atoms with Crippen LogP contribution >= 0.6 is 15.9 Å². The third kappa shape index (κ3) is 1.37. The van der Waals surface area contributed by atoms with Gasteiger partial charge in [-0.2, -0.15) is 0 Å². The van der Waals surface area contributed by atoms with Gasteiger partial charge in [-0.05, 0) is 27.9 Å². The number of rotatable bonds is 1. The van der Waals surface area contributed by atoms with Crippen LogP contribution in [0.1, 0.15) is 11.1 Å². The van der Waals surface area contributed by atoms with Gasteiger partial charge in [0.25, 0.3) is 0 Å². The molecule has 1 heterocycles. The van der Waals surface area contributed by atoms with Gasteiger partial charge in [0.2, 0.25) is 0 Å². The van der Waals surface area contributed by atoms with Crippen molar-refractivity contribution in [2.24, 2.45) is 0 Å². The molecule has 1 aromatic rings. The highest BCUT2D eigenvalue weighted by Gasteiger charge is 2.15. The van der Waals surface area contributed by atoms with Crippen LogP contribution in [0.3, 0.4) is 0 Å². The summed E-state index contributed by atoms with van der Waals surface area (Å²) in [6.45, 7) is 0. The molecule has 0 spiro atoms. The molecule has 0 aromatic carbocycles. The van der Waals surface area contributed by atoms with E-state index in [1.807, 2.05) is 20.3 Å². The highest BCUT2D eigenvalue weighted by molar-refractivity contribution is 9.10. The minimum absolute atomic E-state index is 0.995.